The van der Waals surface area contributed by atoms with Crippen LogP contribution >= 0.6 is 11.3 Å². The largest absolute Gasteiger partial charge is 0.486 e. The average molecular weight is 340 g/mol. The van der Waals surface area contributed by atoms with E-state index >= 15 is 0 Å². The second-order valence-electron chi connectivity index (χ2n) is 5.33. The van der Waals surface area contributed by atoms with Crippen LogP contribution in [0.2, 0.25) is 0 Å². The van der Waals surface area contributed by atoms with E-state index in [1.807, 2.05) is 31.2 Å². The van der Waals surface area contributed by atoms with Gasteiger partial charge < -0.3 is 4.74 Å². The molecule has 5 nitrogen and oxygen atoms in total. The maximum atomic E-state index is 13.1. The smallest absolute Gasteiger partial charge is 0.235 e. The lowest BCUT2D eigenvalue weighted by molar-refractivity contribution is 0.304. The number of aromatic nitrogens is 4. The summed E-state index contributed by atoms with van der Waals surface area (Å²) in [5, 5.41) is 13.5. The lowest BCUT2D eigenvalue weighted by Crippen LogP contribution is -1.97. The van der Waals surface area contributed by atoms with Crippen molar-refractivity contribution in [1.82, 2.24) is 19.8 Å². The Morgan fingerprint density at radius 3 is 2.75 bits per heavy atom. The van der Waals surface area contributed by atoms with Crippen molar-refractivity contribution in [3.63, 3.8) is 0 Å². The molecule has 0 saturated carbocycles. The van der Waals surface area contributed by atoms with E-state index in [9.17, 15) is 4.39 Å². The highest BCUT2D eigenvalue weighted by Crippen LogP contribution is 2.23. The summed E-state index contributed by atoms with van der Waals surface area (Å²) in [7, 11) is 0. The van der Waals surface area contributed by atoms with Crippen LogP contribution in [0, 0.1) is 12.7 Å². The van der Waals surface area contributed by atoms with Crippen LogP contribution in [0.3, 0.4) is 0 Å². The molecular weight excluding hydrogens is 327 g/mol. The Labute approximate surface area is 141 Å². The zero-order chi connectivity index (χ0) is 16.5. The molecule has 120 valence electrons. The van der Waals surface area contributed by atoms with Gasteiger partial charge in [0.1, 0.15) is 18.2 Å². The number of benzene rings is 2. The number of ether oxygens (including phenoxy) is 1. The van der Waals surface area contributed by atoms with E-state index in [2.05, 4.69) is 15.3 Å². The highest BCUT2D eigenvalue weighted by Gasteiger charge is 2.13. The summed E-state index contributed by atoms with van der Waals surface area (Å²) in [6, 6.07) is 14.0. The van der Waals surface area contributed by atoms with Gasteiger partial charge in [-0.1, -0.05) is 23.5 Å². The van der Waals surface area contributed by atoms with Crippen molar-refractivity contribution in [2.75, 3.05) is 0 Å². The van der Waals surface area contributed by atoms with E-state index in [-0.39, 0.29) is 5.82 Å². The van der Waals surface area contributed by atoms with Crippen molar-refractivity contribution < 1.29 is 9.13 Å². The Morgan fingerprint density at radius 2 is 1.96 bits per heavy atom. The van der Waals surface area contributed by atoms with Crippen LogP contribution < -0.4 is 4.74 Å². The molecule has 0 bridgehead atoms. The van der Waals surface area contributed by atoms with Crippen LogP contribution in [0.4, 0.5) is 4.39 Å². The average Bonchev–Trinajstić information content (AvgIpc) is 3.14. The highest BCUT2D eigenvalue weighted by molar-refractivity contribution is 7.16. The number of hydrogen-bond acceptors (Lipinski definition) is 5. The minimum Gasteiger partial charge on any atom is -0.486 e. The van der Waals surface area contributed by atoms with Gasteiger partial charge in [-0.2, -0.15) is 9.61 Å². The van der Waals surface area contributed by atoms with Gasteiger partial charge in [0.2, 0.25) is 4.96 Å². The fourth-order valence-electron chi connectivity index (χ4n) is 2.34. The van der Waals surface area contributed by atoms with Gasteiger partial charge in [-0.25, -0.2) is 4.39 Å². The molecule has 0 spiro atoms. The topological polar surface area (TPSA) is 52.3 Å². The van der Waals surface area contributed by atoms with Crippen LogP contribution in [0.15, 0.2) is 48.5 Å². The predicted octanol–water partition coefficient (Wildman–Crippen LogP) is 3.88. The molecule has 2 heterocycles. The molecule has 2 aromatic heterocycles. The molecule has 0 aliphatic heterocycles. The molecule has 24 heavy (non-hydrogen) atoms. The zero-order valence-corrected chi connectivity index (χ0v) is 13.6. The number of nitrogens with zero attached hydrogens (tertiary/aromatic N) is 4. The fourth-order valence-corrected chi connectivity index (χ4v) is 3.09. The SMILES string of the molecule is Cc1cccc(OCc2nn3c(-c4ccc(F)cc4)nnc3s2)c1. The van der Waals surface area contributed by atoms with Gasteiger partial charge in [-0.15, -0.1) is 10.2 Å². The lowest BCUT2D eigenvalue weighted by Gasteiger charge is -2.04. The number of halogens is 1. The van der Waals surface area contributed by atoms with Crippen LogP contribution in [0.1, 0.15) is 10.6 Å². The van der Waals surface area contributed by atoms with Crippen molar-refractivity contribution >= 4 is 16.3 Å². The highest BCUT2D eigenvalue weighted by atomic mass is 32.1. The fraction of sp³-hybridized carbons (Fsp3) is 0.118. The summed E-state index contributed by atoms with van der Waals surface area (Å²) in [5.41, 5.74) is 1.91. The normalized spacial score (nSPS) is 11.1. The van der Waals surface area contributed by atoms with Crippen molar-refractivity contribution in [2.24, 2.45) is 0 Å². The monoisotopic (exact) mass is 340 g/mol. The van der Waals surface area contributed by atoms with Crippen LogP contribution in [-0.4, -0.2) is 19.8 Å². The second-order valence-corrected chi connectivity index (χ2v) is 6.37. The van der Waals surface area contributed by atoms with Crippen molar-refractivity contribution in [1.29, 1.82) is 0 Å². The van der Waals surface area contributed by atoms with Crippen molar-refractivity contribution in [2.45, 2.75) is 13.5 Å². The molecule has 2 aromatic carbocycles. The van der Waals surface area contributed by atoms with Gasteiger partial charge in [0, 0.05) is 5.56 Å². The first-order chi connectivity index (χ1) is 11.7. The number of fused-ring (bicyclic) bond motifs is 1. The van der Waals surface area contributed by atoms with Crippen LogP contribution in [0.5, 0.6) is 5.75 Å². The Balaban J connectivity index is 1.59. The van der Waals surface area contributed by atoms with E-state index in [0.29, 0.717) is 17.4 Å². The summed E-state index contributed by atoms with van der Waals surface area (Å²) in [4.78, 5) is 0.678. The molecule has 0 unspecified atom stereocenters. The number of hydrogen-bond donors (Lipinski definition) is 0. The summed E-state index contributed by atoms with van der Waals surface area (Å²) in [6.07, 6.45) is 0. The molecule has 0 N–H and O–H groups in total. The molecule has 0 saturated heterocycles. The van der Waals surface area contributed by atoms with Gasteiger partial charge in [-0.05, 0) is 48.9 Å². The second kappa shape index (κ2) is 6.01. The molecule has 4 rings (SSSR count). The number of rotatable bonds is 4. The van der Waals surface area contributed by atoms with Gasteiger partial charge >= 0.3 is 0 Å². The first kappa shape index (κ1) is 14.8. The lowest BCUT2D eigenvalue weighted by atomic mass is 10.2. The van der Waals surface area contributed by atoms with E-state index in [1.165, 1.54) is 23.5 Å². The number of aryl methyl sites for hydroxylation is 1. The molecule has 0 amide bonds. The zero-order valence-electron chi connectivity index (χ0n) is 12.8. The summed E-state index contributed by atoms with van der Waals surface area (Å²) in [5.74, 6) is 1.10. The third-order valence-electron chi connectivity index (χ3n) is 3.49. The maximum absolute atomic E-state index is 13.1. The maximum Gasteiger partial charge on any atom is 0.235 e. The first-order valence-electron chi connectivity index (χ1n) is 7.35. The molecule has 0 radical (unpaired) electrons. The van der Waals surface area contributed by atoms with E-state index < -0.39 is 0 Å². The predicted molar refractivity (Wildman–Crippen MR) is 89.6 cm³/mol. The van der Waals surface area contributed by atoms with Crippen molar-refractivity contribution in [3.8, 4) is 17.1 Å². The van der Waals surface area contributed by atoms with Gasteiger partial charge in [0.25, 0.3) is 0 Å². The Kier molecular flexibility index (Phi) is 3.70. The summed E-state index contributed by atoms with van der Waals surface area (Å²) in [6.45, 7) is 2.38. The van der Waals surface area contributed by atoms with E-state index in [0.717, 1.165) is 21.9 Å². The van der Waals surface area contributed by atoms with Gasteiger partial charge in [0.15, 0.2) is 10.8 Å². The first-order valence-corrected chi connectivity index (χ1v) is 8.17. The third kappa shape index (κ3) is 2.85. The molecule has 0 aliphatic rings. The Hall–Kier alpha value is -2.80. The summed E-state index contributed by atoms with van der Waals surface area (Å²) >= 11 is 1.42. The molecule has 4 aromatic rings. The van der Waals surface area contributed by atoms with Crippen LogP contribution in [0.25, 0.3) is 16.3 Å². The standard InChI is InChI=1S/C17H13FN4OS/c1-11-3-2-4-14(9-11)23-10-15-21-22-16(19-20-17(22)24-15)12-5-7-13(18)8-6-12/h2-9H,10H2,1H3. The van der Waals surface area contributed by atoms with Gasteiger partial charge in [-0.3, -0.25) is 0 Å². The molecule has 7 heteroatoms. The third-order valence-corrected chi connectivity index (χ3v) is 4.36. The van der Waals surface area contributed by atoms with Crippen LogP contribution in [-0.2, 0) is 6.61 Å². The molecule has 0 aliphatic carbocycles. The summed E-state index contributed by atoms with van der Waals surface area (Å²) < 4.78 is 20.5. The molecule has 0 atom stereocenters. The van der Waals surface area contributed by atoms with Gasteiger partial charge in [0.05, 0.1) is 0 Å². The Bertz CT molecular complexity index is 993. The minimum atomic E-state index is -0.287. The molecule has 0 fully saturated rings. The Morgan fingerprint density at radius 1 is 1.12 bits per heavy atom. The quantitative estimate of drug-likeness (QED) is 0.566. The van der Waals surface area contributed by atoms with E-state index in [4.69, 9.17) is 4.74 Å². The van der Waals surface area contributed by atoms with Crippen molar-refractivity contribution in [3.05, 3.63) is 64.9 Å². The van der Waals surface area contributed by atoms with E-state index in [1.54, 1.807) is 16.6 Å². The minimum absolute atomic E-state index is 0.287. The molecular formula is C17H13FN4OS.